The molecule has 1 N–H and O–H groups in total. The van der Waals surface area contributed by atoms with Gasteiger partial charge in [-0.05, 0) is 56.4 Å². The summed E-state index contributed by atoms with van der Waals surface area (Å²) in [6.45, 7) is 17.1. The number of hydrogen-bond acceptors (Lipinski definition) is 6. The van der Waals surface area contributed by atoms with E-state index in [2.05, 4.69) is 48.6 Å². The quantitative estimate of drug-likeness (QED) is 0.233. The molecule has 44 heavy (non-hydrogen) atoms. The van der Waals surface area contributed by atoms with E-state index in [9.17, 15) is 14.4 Å². The highest BCUT2D eigenvalue weighted by atomic mass is 35.5. The van der Waals surface area contributed by atoms with Crippen LogP contribution in [0.2, 0.25) is 10.2 Å². The van der Waals surface area contributed by atoms with Crippen LogP contribution in [0.3, 0.4) is 0 Å². The number of nitrogens with zero attached hydrogens (tertiary/aromatic N) is 5. The summed E-state index contributed by atoms with van der Waals surface area (Å²) in [5.41, 5.74) is 2.35. The van der Waals surface area contributed by atoms with Gasteiger partial charge in [0.25, 0.3) is 0 Å². The van der Waals surface area contributed by atoms with Gasteiger partial charge in [0, 0.05) is 61.0 Å². The van der Waals surface area contributed by atoms with Crippen molar-refractivity contribution in [2.45, 2.75) is 77.9 Å². The lowest BCUT2D eigenvalue weighted by Crippen LogP contribution is -2.53. The summed E-state index contributed by atoms with van der Waals surface area (Å²) in [5, 5.41) is 9.45. The highest BCUT2D eigenvalue weighted by Gasteiger charge is 2.40. The second-order valence-corrected chi connectivity index (χ2v) is 14.6. The molecular formula is C32H40Cl2N6O4. The highest BCUT2D eigenvalue weighted by Crippen LogP contribution is 2.35. The number of carbonyl (C=O) groups is 3. The maximum atomic E-state index is 13.7. The number of nitrogens with one attached hydrogen (secondary N) is 1. The van der Waals surface area contributed by atoms with E-state index in [4.69, 9.17) is 27.9 Å². The van der Waals surface area contributed by atoms with Gasteiger partial charge in [-0.25, -0.2) is 9.78 Å². The highest BCUT2D eigenvalue weighted by molar-refractivity contribution is 6.33. The first-order valence-electron chi connectivity index (χ1n) is 14.9. The molecule has 0 unspecified atom stereocenters. The maximum absolute atomic E-state index is 13.7. The van der Waals surface area contributed by atoms with E-state index in [1.54, 1.807) is 9.80 Å². The molecule has 0 spiro atoms. The fraction of sp³-hybridized carbons (Fsp3) is 0.531. The van der Waals surface area contributed by atoms with E-state index in [1.165, 1.54) is 6.08 Å². The molecule has 10 nitrogen and oxygen atoms in total. The molecule has 2 aliphatic rings. The van der Waals surface area contributed by atoms with Crippen LogP contribution in [0.1, 0.15) is 81.6 Å². The normalized spacial score (nSPS) is 16.2. The van der Waals surface area contributed by atoms with Gasteiger partial charge in [0.15, 0.2) is 10.9 Å². The Labute approximate surface area is 267 Å². The lowest BCUT2D eigenvalue weighted by molar-refractivity contribution is -0.132. The van der Waals surface area contributed by atoms with Crippen molar-refractivity contribution in [2.75, 3.05) is 26.2 Å². The van der Waals surface area contributed by atoms with Crippen LogP contribution in [0.15, 0.2) is 24.8 Å². The van der Waals surface area contributed by atoms with Gasteiger partial charge in [-0.15, -0.1) is 0 Å². The van der Waals surface area contributed by atoms with Crippen molar-refractivity contribution >= 4 is 51.9 Å². The standard InChI is InChI=1S/C32H40Cl2N6O4/c1-8-27(42)38-14-18(15-38)11-25(41)28-29(34)35-26(40(28)19-16-39(17-19)30(43)44-32(5,6)7)10-9-23-20-12-21(31(2,3)4)22(33)13-24(20)37-36-23/h8,12-13,18-19H,1,9-11,14-17H2,2-7H3,(H,36,37). The lowest BCUT2D eigenvalue weighted by atomic mass is 9.86. The Morgan fingerprint density at radius 2 is 1.73 bits per heavy atom. The van der Waals surface area contributed by atoms with Gasteiger partial charge < -0.3 is 19.1 Å². The van der Waals surface area contributed by atoms with E-state index in [0.717, 1.165) is 22.2 Å². The minimum Gasteiger partial charge on any atom is -0.444 e. The molecular weight excluding hydrogens is 603 g/mol. The summed E-state index contributed by atoms with van der Waals surface area (Å²) >= 11 is 13.3. The molecule has 4 heterocycles. The monoisotopic (exact) mass is 642 g/mol. The zero-order chi connectivity index (χ0) is 32.1. The fourth-order valence-electron chi connectivity index (χ4n) is 5.82. The molecule has 2 fully saturated rings. The third-order valence-electron chi connectivity index (χ3n) is 8.13. The Bertz CT molecular complexity index is 1620. The smallest absolute Gasteiger partial charge is 0.410 e. The van der Waals surface area contributed by atoms with Crippen molar-refractivity contribution in [1.82, 2.24) is 29.5 Å². The number of Topliss-reactive ketones (excluding diaryl/α,β-unsaturated/α-hetero) is 1. The van der Waals surface area contributed by atoms with Crippen LogP contribution in [0.5, 0.6) is 0 Å². The summed E-state index contributed by atoms with van der Waals surface area (Å²) in [6.07, 6.45) is 2.20. The number of fused-ring (bicyclic) bond motifs is 1. The van der Waals surface area contributed by atoms with Gasteiger partial charge in [0.05, 0.1) is 11.6 Å². The molecule has 2 aromatic heterocycles. The maximum Gasteiger partial charge on any atom is 0.410 e. The number of halogens is 2. The van der Waals surface area contributed by atoms with Crippen molar-refractivity contribution in [1.29, 1.82) is 0 Å². The van der Waals surface area contributed by atoms with Crippen molar-refractivity contribution in [3.8, 4) is 0 Å². The number of rotatable bonds is 8. The molecule has 0 bridgehead atoms. The second kappa shape index (κ2) is 11.9. The van der Waals surface area contributed by atoms with Gasteiger partial charge >= 0.3 is 6.09 Å². The average molecular weight is 644 g/mol. The molecule has 1 aromatic carbocycles. The summed E-state index contributed by atoms with van der Waals surface area (Å²) in [7, 11) is 0. The SMILES string of the molecule is C=CC(=O)N1CC(CC(=O)c2c(Cl)nc(CCc3[nH]nc4cc(Cl)c(C(C)(C)C)cc34)n2C2CN(C(=O)OC(C)(C)C)C2)C1. The Hall–Kier alpha value is -3.37. The summed E-state index contributed by atoms with van der Waals surface area (Å²) in [4.78, 5) is 46.2. The van der Waals surface area contributed by atoms with Crippen LogP contribution in [-0.4, -0.2) is 79.1 Å². The molecule has 2 amide bonds. The predicted octanol–water partition coefficient (Wildman–Crippen LogP) is 6.16. The minimum atomic E-state index is -0.611. The van der Waals surface area contributed by atoms with E-state index in [-0.39, 0.29) is 40.6 Å². The predicted molar refractivity (Wildman–Crippen MR) is 171 cm³/mol. The number of benzene rings is 1. The number of H-pyrrole nitrogens is 1. The van der Waals surface area contributed by atoms with Crippen molar-refractivity contribution in [3.63, 3.8) is 0 Å². The third kappa shape index (κ3) is 6.52. The van der Waals surface area contributed by atoms with Crippen LogP contribution >= 0.6 is 23.2 Å². The molecule has 2 saturated heterocycles. The van der Waals surface area contributed by atoms with Crippen LogP contribution in [0.25, 0.3) is 10.9 Å². The number of hydrogen-bond donors (Lipinski definition) is 1. The topological polar surface area (TPSA) is 113 Å². The molecule has 0 radical (unpaired) electrons. The molecule has 5 rings (SSSR count). The number of likely N-dealkylation sites (tertiary alicyclic amines) is 2. The average Bonchev–Trinajstić information content (AvgIpc) is 3.40. The first-order chi connectivity index (χ1) is 20.6. The summed E-state index contributed by atoms with van der Waals surface area (Å²) < 4.78 is 7.45. The van der Waals surface area contributed by atoms with Crippen LogP contribution in [0.4, 0.5) is 4.79 Å². The van der Waals surface area contributed by atoms with E-state index in [1.807, 2.05) is 31.4 Å². The minimum absolute atomic E-state index is 0.0362. The molecule has 3 aromatic rings. The lowest BCUT2D eigenvalue weighted by Gasteiger charge is -2.41. The third-order valence-corrected chi connectivity index (χ3v) is 8.71. The zero-order valence-corrected chi connectivity index (χ0v) is 27.7. The van der Waals surface area contributed by atoms with Gasteiger partial charge in [0.1, 0.15) is 17.1 Å². The van der Waals surface area contributed by atoms with Crippen LogP contribution in [0, 0.1) is 5.92 Å². The number of imidazole rings is 1. The molecule has 0 aliphatic carbocycles. The van der Waals surface area contributed by atoms with Gasteiger partial charge in [0.2, 0.25) is 5.91 Å². The number of aryl methyl sites for hydroxylation is 2. The molecule has 12 heteroatoms. The first-order valence-corrected chi connectivity index (χ1v) is 15.7. The number of amides is 2. The molecule has 2 aliphatic heterocycles. The first kappa shape index (κ1) is 32.0. The summed E-state index contributed by atoms with van der Waals surface area (Å²) in [5.74, 6) is 0.432. The van der Waals surface area contributed by atoms with E-state index in [0.29, 0.717) is 55.6 Å². The second-order valence-electron chi connectivity index (χ2n) is 13.8. The Kier molecular flexibility index (Phi) is 8.63. The van der Waals surface area contributed by atoms with Crippen LogP contribution in [-0.2, 0) is 27.8 Å². The fourth-order valence-corrected chi connectivity index (χ4v) is 6.55. The van der Waals surface area contributed by atoms with Crippen molar-refractivity contribution in [2.24, 2.45) is 5.92 Å². The summed E-state index contributed by atoms with van der Waals surface area (Å²) in [6, 6.07) is 3.80. The number of ether oxygens (including phenoxy) is 1. The van der Waals surface area contributed by atoms with E-state index >= 15 is 0 Å². The van der Waals surface area contributed by atoms with Crippen molar-refractivity contribution in [3.05, 3.63) is 57.7 Å². The van der Waals surface area contributed by atoms with Crippen LogP contribution < -0.4 is 0 Å². The number of ketones is 1. The molecule has 0 atom stereocenters. The number of carbonyl (C=O) groups excluding carboxylic acids is 3. The van der Waals surface area contributed by atoms with E-state index < -0.39 is 11.7 Å². The molecule has 0 saturated carbocycles. The van der Waals surface area contributed by atoms with Gasteiger partial charge in [-0.3, -0.25) is 14.7 Å². The van der Waals surface area contributed by atoms with Gasteiger partial charge in [-0.2, -0.15) is 5.10 Å². The largest absolute Gasteiger partial charge is 0.444 e. The Morgan fingerprint density at radius 1 is 1.05 bits per heavy atom. The number of aromatic nitrogens is 4. The van der Waals surface area contributed by atoms with Gasteiger partial charge in [-0.1, -0.05) is 50.6 Å². The Morgan fingerprint density at radius 3 is 2.34 bits per heavy atom. The Balaban J connectivity index is 1.39. The zero-order valence-electron chi connectivity index (χ0n) is 26.2. The van der Waals surface area contributed by atoms with Crippen molar-refractivity contribution < 1.29 is 19.1 Å². The molecule has 236 valence electrons. The number of aromatic amines is 1.